The Hall–Kier alpha value is -5.14. The number of aliphatic carboxylic acids is 1. The molecule has 83 heavy (non-hydrogen) atoms. The van der Waals surface area contributed by atoms with E-state index in [1.54, 1.807) is 0 Å². The molecule has 1 heterocycles. The molecule has 0 radical (unpaired) electrons. The zero-order chi connectivity index (χ0) is 60.3. The van der Waals surface area contributed by atoms with Gasteiger partial charge in [-0.2, -0.15) is 0 Å². The first-order valence-electron chi connectivity index (χ1n) is 32.2. The van der Waals surface area contributed by atoms with Crippen molar-refractivity contribution in [3.05, 3.63) is 134 Å². The summed E-state index contributed by atoms with van der Waals surface area (Å²) in [5, 5.41) is 31.6. The van der Waals surface area contributed by atoms with Crippen molar-refractivity contribution < 1.29 is 58.2 Å². The average Bonchev–Trinajstić information content (AvgIpc) is 3.58. The van der Waals surface area contributed by atoms with Crippen molar-refractivity contribution in [1.82, 2.24) is 0 Å². The van der Waals surface area contributed by atoms with E-state index in [2.05, 4.69) is 154 Å². The second-order valence-electron chi connectivity index (χ2n) is 21.3. The molecule has 1 saturated heterocycles. The summed E-state index contributed by atoms with van der Waals surface area (Å²) in [6.07, 6.45) is 68.3. The molecule has 1 fully saturated rings. The predicted octanol–water partition coefficient (Wildman–Crippen LogP) is 17.3. The maximum absolute atomic E-state index is 13.2. The molecule has 1 aliphatic rings. The number of hydrogen-bond donors (Lipinski definition) is 3. The van der Waals surface area contributed by atoms with Crippen LogP contribution in [0.3, 0.4) is 0 Å². The number of hydrogen-bond acceptors (Lipinski definition) is 11. The highest BCUT2D eigenvalue weighted by Crippen LogP contribution is 2.26. The van der Waals surface area contributed by atoms with E-state index < -0.39 is 67.3 Å². The lowest BCUT2D eigenvalue weighted by Crippen LogP contribution is -2.61. The summed E-state index contributed by atoms with van der Waals surface area (Å²) in [6, 6.07) is 0. The van der Waals surface area contributed by atoms with Gasteiger partial charge in [0.15, 0.2) is 24.6 Å². The van der Waals surface area contributed by atoms with Crippen molar-refractivity contribution in [3.8, 4) is 0 Å². The average molecular weight is 1160 g/mol. The molecule has 1 aliphatic heterocycles. The van der Waals surface area contributed by atoms with Gasteiger partial charge in [0.2, 0.25) is 0 Å². The number of allylic oxidation sites excluding steroid dienone is 22. The number of carboxylic acid groups (broad SMARTS) is 1. The van der Waals surface area contributed by atoms with Crippen LogP contribution < -0.4 is 0 Å². The second kappa shape index (κ2) is 57.3. The van der Waals surface area contributed by atoms with Crippen LogP contribution in [-0.4, -0.2) is 89.2 Å². The van der Waals surface area contributed by atoms with Gasteiger partial charge in [0.25, 0.3) is 0 Å². The van der Waals surface area contributed by atoms with E-state index in [0.29, 0.717) is 19.3 Å². The fourth-order valence-electron chi connectivity index (χ4n) is 8.83. The van der Waals surface area contributed by atoms with E-state index in [1.807, 2.05) is 0 Å². The Kier molecular flexibility index (Phi) is 52.4. The zero-order valence-corrected chi connectivity index (χ0v) is 51.6. The number of rotatable bonds is 53. The minimum atomic E-state index is -1.92. The van der Waals surface area contributed by atoms with Gasteiger partial charge in [0.1, 0.15) is 18.8 Å². The lowest BCUT2D eigenvalue weighted by molar-refractivity contribution is -0.301. The number of esters is 3. The molecule has 0 aromatic rings. The quantitative estimate of drug-likeness (QED) is 0.0228. The van der Waals surface area contributed by atoms with E-state index >= 15 is 0 Å². The number of aliphatic hydroxyl groups excluding tert-OH is 2. The zero-order valence-electron chi connectivity index (χ0n) is 51.6. The first-order chi connectivity index (χ1) is 40.6. The Labute approximate surface area is 502 Å². The van der Waals surface area contributed by atoms with Crippen LogP contribution >= 0.6 is 0 Å². The molecule has 0 amide bonds. The fraction of sp³-hybridized carbons (Fsp3) is 0.634. The Morgan fingerprint density at radius 1 is 0.410 bits per heavy atom. The van der Waals surface area contributed by atoms with E-state index in [4.69, 9.17) is 23.7 Å². The van der Waals surface area contributed by atoms with Crippen LogP contribution in [0.5, 0.6) is 0 Å². The number of ether oxygens (including phenoxy) is 5. The third kappa shape index (κ3) is 46.9. The number of carboxylic acids is 1. The second-order valence-corrected chi connectivity index (χ2v) is 21.3. The summed E-state index contributed by atoms with van der Waals surface area (Å²) in [7, 11) is 0. The van der Waals surface area contributed by atoms with Gasteiger partial charge in [0.05, 0.1) is 6.61 Å². The molecule has 468 valence electrons. The Balaban J connectivity index is 2.72. The van der Waals surface area contributed by atoms with Crippen molar-refractivity contribution in [2.75, 3.05) is 13.2 Å². The third-order valence-electron chi connectivity index (χ3n) is 13.7. The summed E-state index contributed by atoms with van der Waals surface area (Å²) in [4.78, 5) is 51.3. The van der Waals surface area contributed by atoms with Crippen LogP contribution in [0.2, 0.25) is 0 Å². The van der Waals surface area contributed by atoms with Crippen LogP contribution in [0.4, 0.5) is 0 Å². The van der Waals surface area contributed by atoms with Crippen molar-refractivity contribution in [3.63, 3.8) is 0 Å². The predicted molar refractivity (Wildman–Crippen MR) is 340 cm³/mol. The highest BCUT2D eigenvalue weighted by atomic mass is 16.7. The van der Waals surface area contributed by atoms with Crippen molar-refractivity contribution in [1.29, 1.82) is 0 Å². The number of carbonyl (C=O) groups excluding carboxylic acids is 3. The van der Waals surface area contributed by atoms with Crippen molar-refractivity contribution >= 4 is 23.9 Å². The van der Waals surface area contributed by atoms with Crippen LogP contribution in [-0.2, 0) is 42.9 Å². The first kappa shape index (κ1) is 75.9. The fourth-order valence-corrected chi connectivity index (χ4v) is 8.83. The van der Waals surface area contributed by atoms with E-state index in [9.17, 15) is 34.5 Å². The molecular weight excluding hydrogens is 1040 g/mol. The lowest BCUT2D eigenvalue weighted by atomic mass is 9.98. The summed E-state index contributed by atoms with van der Waals surface area (Å²) in [5.74, 6) is -3.22. The number of unbranched alkanes of at least 4 members (excludes halogenated alkanes) is 17. The maximum Gasteiger partial charge on any atom is 0.335 e. The molecule has 0 aliphatic carbocycles. The molecule has 0 aromatic heterocycles. The van der Waals surface area contributed by atoms with Gasteiger partial charge in [-0.25, -0.2) is 4.79 Å². The van der Waals surface area contributed by atoms with Gasteiger partial charge < -0.3 is 39.0 Å². The molecule has 6 unspecified atom stereocenters. The van der Waals surface area contributed by atoms with Crippen LogP contribution in [0.1, 0.15) is 239 Å². The summed E-state index contributed by atoms with van der Waals surface area (Å²) in [6.45, 7) is 5.70. The maximum atomic E-state index is 13.2. The molecule has 0 spiro atoms. The topological polar surface area (TPSA) is 175 Å². The first-order valence-corrected chi connectivity index (χ1v) is 32.2. The summed E-state index contributed by atoms with van der Waals surface area (Å²) >= 11 is 0. The summed E-state index contributed by atoms with van der Waals surface area (Å²) < 4.78 is 28.5. The Bertz CT molecular complexity index is 1950. The molecule has 1 rings (SSSR count). The summed E-state index contributed by atoms with van der Waals surface area (Å²) in [5.41, 5.74) is 0. The van der Waals surface area contributed by atoms with Gasteiger partial charge in [-0.1, -0.05) is 219 Å². The number of aliphatic hydroxyl groups is 2. The van der Waals surface area contributed by atoms with Gasteiger partial charge in [-0.15, -0.1) is 0 Å². The molecule has 0 aromatic carbocycles. The van der Waals surface area contributed by atoms with Crippen LogP contribution in [0.25, 0.3) is 0 Å². The minimum absolute atomic E-state index is 0.0329. The molecule has 0 bridgehead atoms. The molecule has 0 saturated carbocycles. The van der Waals surface area contributed by atoms with Gasteiger partial charge in [-0.3, -0.25) is 14.4 Å². The minimum Gasteiger partial charge on any atom is -0.479 e. The normalized spacial score (nSPS) is 18.5. The van der Waals surface area contributed by atoms with E-state index in [1.165, 1.54) is 19.3 Å². The van der Waals surface area contributed by atoms with E-state index in [0.717, 1.165) is 161 Å². The van der Waals surface area contributed by atoms with Gasteiger partial charge in [-0.05, 0) is 135 Å². The van der Waals surface area contributed by atoms with E-state index in [-0.39, 0.29) is 25.9 Å². The lowest BCUT2D eigenvalue weighted by Gasteiger charge is -2.40. The largest absolute Gasteiger partial charge is 0.479 e. The highest BCUT2D eigenvalue weighted by molar-refractivity contribution is 5.74. The standard InChI is InChI=1S/C71H112O12/c1-4-7-10-13-16-19-22-25-28-31-32-35-38-41-44-47-50-53-56-59-65(74)82-69-67(76)66(75)68(70(77)78)83-71(69)80-61-62(81-64(73)58-55-52-49-46-43-40-37-34-30-27-24-21-18-15-12-9-6-3)60-79-63(72)57-54-51-48-45-42-39-36-33-29-26-23-20-17-14-11-8-5-2/h8-9,11-12,16-21,25-30,32,35-37,39-40,62,66-69,71,75-76H,4-7,10,13-15,22-24,31,33-34,38,41-61H2,1-3H3,(H,77,78)/b11-8-,12-9-,19-16-,20-17-,21-18-,28-25-,29-26-,30-27-,35-32-,39-36-,40-37-. The van der Waals surface area contributed by atoms with Crippen LogP contribution in [0.15, 0.2) is 134 Å². The third-order valence-corrected chi connectivity index (χ3v) is 13.7. The Morgan fingerprint density at radius 3 is 1.16 bits per heavy atom. The highest BCUT2D eigenvalue weighted by Gasteiger charge is 2.50. The van der Waals surface area contributed by atoms with Gasteiger partial charge in [0, 0.05) is 19.3 Å². The van der Waals surface area contributed by atoms with Gasteiger partial charge >= 0.3 is 23.9 Å². The number of carbonyl (C=O) groups is 4. The Morgan fingerprint density at radius 2 is 0.759 bits per heavy atom. The smallest absolute Gasteiger partial charge is 0.335 e. The molecule has 3 N–H and O–H groups in total. The molecule has 6 atom stereocenters. The SMILES string of the molecule is CC/C=C\C/C=C\C/C=C\C/C=C\CCCCCCC(=O)OCC(COC1OC(C(=O)O)C(O)C(O)C1OC(=O)CCCCCCCC/C=C\C/C=C\C/C=C\CCCCC)OC(=O)CCCCCC/C=C\C/C=C\C/C=C\C/C=C\CC. The van der Waals surface area contributed by atoms with Crippen molar-refractivity contribution in [2.24, 2.45) is 0 Å². The molecular formula is C71H112O12. The molecule has 12 nitrogen and oxygen atoms in total. The van der Waals surface area contributed by atoms with Crippen LogP contribution in [0, 0.1) is 0 Å². The monoisotopic (exact) mass is 1160 g/mol. The molecule has 12 heteroatoms. The van der Waals surface area contributed by atoms with Crippen molar-refractivity contribution in [2.45, 2.75) is 276 Å².